The Balaban J connectivity index is 2.06. The van der Waals surface area contributed by atoms with Gasteiger partial charge in [-0.25, -0.2) is 0 Å². The van der Waals surface area contributed by atoms with Crippen LogP contribution in [-0.2, 0) is 14.0 Å². The van der Waals surface area contributed by atoms with Crippen molar-refractivity contribution in [2.45, 2.75) is 69.7 Å². The van der Waals surface area contributed by atoms with E-state index in [0.29, 0.717) is 0 Å². The summed E-state index contributed by atoms with van der Waals surface area (Å²) >= 11 is 0. The number of carbonyl (C=O) groups is 1. The van der Waals surface area contributed by atoms with E-state index in [-0.39, 0.29) is 35.6 Å². The minimum absolute atomic E-state index is 0.0732. The zero-order chi connectivity index (χ0) is 13.0. The molecule has 0 spiro atoms. The van der Waals surface area contributed by atoms with E-state index in [1.165, 1.54) is 0 Å². The first-order valence-corrected chi connectivity index (χ1v) is 9.08. The summed E-state index contributed by atoms with van der Waals surface area (Å²) in [6.45, 7) is 10.7. The maximum atomic E-state index is 11.6. The van der Waals surface area contributed by atoms with Gasteiger partial charge in [0, 0.05) is 6.42 Å². The van der Waals surface area contributed by atoms with Crippen molar-refractivity contribution in [3.8, 4) is 0 Å². The molecule has 1 heterocycles. The minimum atomic E-state index is -1.94. The van der Waals surface area contributed by atoms with E-state index >= 15 is 0 Å². The van der Waals surface area contributed by atoms with Gasteiger partial charge in [-0.15, -0.1) is 0 Å². The highest BCUT2D eigenvalue weighted by atomic mass is 28.4. The number of ether oxygens (including phenoxy) is 1. The predicted molar refractivity (Wildman–Crippen MR) is 66.4 cm³/mol. The number of fused-ring (bicyclic) bond motifs is 1. The van der Waals surface area contributed by atoms with Crippen LogP contribution < -0.4 is 0 Å². The number of Topliss-reactive ketones (excluding diaryl/α,β-unsaturated/α-hetero) is 1. The quantitative estimate of drug-likeness (QED) is 0.602. The van der Waals surface area contributed by atoms with Gasteiger partial charge in [-0.2, -0.15) is 0 Å². The third kappa shape index (κ3) is 2.34. The summed E-state index contributed by atoms with van der Waals surface area (Å²) < 4.78 is 11.3. The van der Waals surface area contributed by atoms with Gasteiger partial charge in [-0.05, 0) is 18.1 Å². The lowest BCUT2D eigenvalue weighted by atomic mass is 9.94. The topological polar surface area (TPSA) is 59.1 Å². The summed E-state index contributed by atoms with van der Waals surface area (Å²) in [6, 6.07) is 0. The first kappa shape index (κ1) is 13.2. The van der Waals surface area contributed by atoms with Crippen LogP contribution in [0.25, 0.3) is 0 Å². The Morgan fingerprint density at radius 1 is 1.41 bits per heavy atom. The molecule has 0 aromatic heterocycles. The van der Waals surface area contributed by atoms with Crippen LogP contribution in [-0.4, -0.2) is 43.6 Å². The normalized spacial score (nSPS) is 37.9. The van der Waals surface area contributed by atoms with E-state index in [9.17, 15) is 9.90 Å². The van der Waals surface area contributed by atoms with Crippen molar-refractivity contribution in [1.29, 1.82) is 0 Å². The van der Waals surface area contributed by atoms with Gasteiger partial charge >= 0.3 is 0 Å². The number of hydrogen-bond donors (Lipinski definition) is 1. The van der Waals surface area contributed by atoms with Crippen molar-refractivity contribution in [2.24, 2.45) is 0 Å². The summed E-state index contributed by atoms with van der Waals surface area (Å²) in [5, 5.41) is 10.1. The number of ketones is 1. The van der Waals surface area contributed by atoms with Gasteiger partial charge in [0.15, 0.2) is 14.1 Å². The summed E-state index contributed by atoms with van der Waals surface area (Å²) in [6.07, 6.45) is -1.41. The highest BCUT2D eigenvalue weighted by Crippen LogP contribution is 2.41. The van der Waals surface area contributed by atoms with Gasteiger partial charge in [-0.1, -0.05) is 20.8 Å². The Labute approximate surface area is 103 Å². The molecule has 5 heteroatoms. The zero-order valence-corrected chi connectivity index (χ0v) is 12.2. The smallest absolute Gasteiger partial charge is 0.192 e. The highest BCUT2D eigenvalue weighted by molar-refractivity contribution is 6.74. The van der Waals surface area contributed by atoms with E-state index in [0.717, 1.165) is 0 Å². The van der Waals surface area contributed by atoms with E-state index in [1.54, 1.807) is 0 Å². The number of epoxide rings is 1. The fraction of sp³-hybridized carbons (Fsp3) is 0.917. The summed E-state index contributed by atoms with van der Waals surface area (Å²) in [7, 11) is -1.94. The van der Waals surface area contributed by atoms with E-state index in [1.807, 2.05) is 0 Å². The van der Waals surface area contributed by atoms with Crippen LogP contribution in [0.2, 0.25) is 18.1 Å². The third-order valence-corrected chi connectivity index (χ3v) is 8.72. The minimum Gasteiger partial charge on any atom is -0.411 e. The van der Waals surface area contributed by atoms with Crippen molar-refractivity contribution in [3.05, 3.63) is 0 Å². The molecule has 4 nitrogen and oxygen atoms in total. The first-order chi connectivity index (χ1) is 7.63. The number of rotatable bonds is 2. The predicted octanol–water partition coefficient (Wildman–Crippen LogP) is 1.48. The second kappa shape index (κ2) is 3.88. The lowest BCUT2D eigenvalue weighted by molar-refractivity contribution is -0.124. The average molecular weight is 258 g/mol. The summed E-state index contributed by atoms with van der Waals surface area (Å²) in [5.74, 6) is 0.0732. The second-order valence-corrected chi connectivity index (χ2v) is 11.4. The van der Waals surface area contributed by atoms with E-state index in [2.05, 4.69) is 33.9 Å². The molecule has 0 amide bonds. The first-order valence-electron chi connectivity index (χ1n) is 6.17. The highest BCUT2D eigenvalue weighted by Gasteiger charge is 2.57. The Morgan fingerprint density at radius 3 is 2.53 bits per heavy atom. The lowest BCUT2D eigenvalue weighted by Gasteiger charge is -2.40. The Hall–Kier alpha value is -0.233. The fourth-order valence-corrected chi connectivity index (χ4v) is 3.29. The van der Waals surface area contributed by atoms with Gasteiger partial charge < -0.3 is 14.3 Å². The molecule has 1 aliphatic heterocycles. The van der Waals surface area contributed by atoms with Crippen molar-refractivity contribution >= 4 is 14.1 Å². The molecule has 0 aromatic carbocycles. The molecule has 1 aliphatic carbocycles. The van der Waals surface area contributed by atoms with Crippen LogP contribution in [0.4, 0.5) is 0 Å². The standard InChI is InChI=1S/C12H22O4Si/c1-12(2,3)17(4,5)16-8-6-7(13)10-11(15-10)9(8)14/h8-11,14H,6H2,1-5H3/t8-,9+,10-,11+/m1/s1. The molecule has 1 saturated heterocycles. The molecule has 1 N–H and O–H groups in total. The van der Waals surface area contributed by atoms with Crippen molar-refractivity contribution in [1.82, 2.24) is 0 Å². The maximum absolute atomic E-state index is 11.6. The van der Waals surface area contributed by atoms with Crippen LogP contribution in [0.3, 0.4) is 0 Å². The van der Waals surface area contributed by atoms with Crippen LogP contribution in [0.1, 0.15) is 27.2 Å². The zero-order valence-electron chi connectivity index (χ0n) is 11.2. The number of carbonyl (C=O) groups excluding carboxylic acids is 1. The monoisotopic (exact) mass is 258 g/mol. The van der Waals surface area contributed by atoms with E-state index in [4.69, 9.17) is 9.16 Å². The molecule has 0 unspecified atom stereocenters. The van der Waals surface area contributed by atoms with Gasteiger partial charge in [0.05, 0.1) is 6.10 Å². The molecule has 2 aliphatic rings. The van der Waals surface area contributed by atoms with Gasteiger partial charge in [0.1, 0.15) is 18.3 Å². The second-order valence-electron chi connectivity index (χ2n) is 6.60. The van der Waals surface area contributed by atoms with Crippen LogP contribution >= 0.6 is 0 Å². The number of aliphatic hydroxyl groups excluding tert-OH is 1. The molecule has 0 radical (unpaired) electrons. The summed E-state index contributed by atoms with van der Waals surface area (Å²) in [4.78, 5) is 11.6. The molecule has 1 saturated carbocycles. The third-order valence-electron chi connectivity index (χ3n) is 4.21. The summed E-state index contributed by atoms with van der Waals surface area (Å²) in [5.41, 5.74) is 0. The molecule has 4 atom stereocenters. The molecule has 0 bridgehead atoms. The SMILES string of the molecule is CC(C)(C)[Si](C)(C)O[C@@H]1CC(=O)[C@H]2O[C@H]2[C@H]1O. The largest absolute Gasteiger partial charge is 0.411 e. The number of hydrogen-bond acceptors (Lipinski definition) is 4. The Morgan fingerprint density at radius 2 is 2.00 bits per heavy atom. The molecule has 0 aromatic rings. The van der Waals surface area contributed by atoms with Gasteiger partial charge in [0.2, 0.25) is 0 Å². The van der Waals surface area contributed by atoms with Crippen molar-refractivity contribution in [2.75, 3.05) is 0 Å². The lowest BCUT2D eigenvalue weighted by Crippen LogP contribution is -2.51. The fourth-order valence-electron chi connectivity index (χ4n) is 1.96. The van der Waals surface area contributed by atoms with Gasteiger partial charge in [-0.3, -0.25) is 4.79 Å². The Bertz CT molecular complexity index is 334. The van der Waals surface area contributed by atoms with Crippen LogP contribution in [0.15, 0.2) is 0 Å². The van der Waals surface area contributed by atoms with Gasteiger partial charge in [0.25, 0.3) is 0 Å². The van der Waals surface area contributed by atoms with Crippen LogP contribution in [0.5, 0.6) is 0 Å². The maximum Gasteiger partial charge on any atom is 0.192 e. The molecule has 2 rings (SSSR count). The Kier molecular flexibility index (Phi) is 3.01. The molecular formula is C12H22O4Si. The molecular weight excluding hydrogens is 236 g/mol. The number of aliphatic hydroxyl groups is 1. The van der Waals surface area contributed by atoms with E-state index < -0.39 is 14.4 Å². The molecule has 2 fully saturated rings. The molecule has 98 valence electrons. The van der Waals surface area contributed by atoms with Crippen molar-refractivity contribution in [3.63, 3.8) is 0 Å². The van der Waals surface area contributed by atoms with Crippen molar-refractivity contribution < 1.29 is 19.1 Å². The molecule has 17 heavy (non-hydrogen) atoms. The average Bonchev–Trinajstić information content (AvgIpc) is 2.91. The van der Waals surface area contributed by atoms with Crippen LogP contribution in [0, 0.1) is 0 Å².